The molecular weight excluding hydrogens is 360 g/mol. The molecule has 2 aromatic rings. The van der Waals surface area contributed by atoms with Crippen LogP contribution in [0.4, 0.5) is 5.69 Å². The number of anilines is 1. The Morgan fingerprint density at radius 3 is 2.19 bits per heavy atom. The first-order valence-electron chi connectivity index (χ1n) is 9.33. The Hall–Kier alpha value is -2.34. The van der Waals surface area contributed by atoms with Crippen molar-refractivity contribution in [3.05, 3.63) is 59.7 Å². The molecule has 0 aliphatic rings. The second-order valence-electron chi connectivity index (χ2n) is 6.55. The van der Waals surface area contributed by atoms with Gasteiger partial charge in [0.2, 0.25) is 5.91 Å². The molecule has 0 fully saturated rings. The van der Waals surface area contributed by atoms with E-state index in [1.54, 1.807) is 36.4 Å². The van der Waals surface area contributed by atoms with E-state index in [-0.39, 0.29) is 17.3 Å². The maximum absolute atomic E-state index is 13.2. The molecule has 0 heterocycles. The first-order chi connectivity index (χ1) is 12.9. The van der Waals surface area contributed by atoms with Gasteiger partial charge in [0.1, 0.15) is 6.54 Å². The molecule has 146 valence electrons. The quantitative estimate of drug-likeness (QED) is 0.667. The van der Waals surface area contributed by atoms with E-state index in [1.165, 1.54) is 4.31 Å². The molecule has 0 saturated carbocycles. The summed E-state index contributed by atoms with van der Waals surface area (Å²) in [6.07, 6.45) is 2.69. The normalized spacial score (nSPS) is 11.2. The molecule has 5 nitrogen and oxygen atoms in total. The second kappa shape index (κ2) is 9.55. The smallest absolute Gasteiger partial charge is 0.264 e. The minimum absolute atomic E-state index is 0.175. The van der Waals surface area contributed by atoms with Crippen molar-refractivity contribution in [3.63, 3.8) is 0 Å². The van der Waals surface area contributed by atoms with Crippen LogP contribution < -0.4 is 9.62 Å². The van der Waals surface area contributed by atoms with Gasteiger partial charge in [0.25, 0.3) is 10.0 Å². The molecule has 0 atom stereocenters. The van der Waals surface area contributed by atoms with Gasteiger partial charge in [-0.15, -0.1) is 0 Å². The molecule has 0 radical (unpaired) electrons. The number of benzene rings is 2. The SMILES string of the molecule is CCCCNC(=O)CN(c1ccc(CC)cc1)S(=O)(=O)c1ccc(C)cc1. The number of nitrogens with zero attached hydrogens (tertiary/aromatic N) is 1. The van der Waals surface area contributed by atoms with Crippen LogP contribution >= 0.6 is 0 Å². The highest BCUT2D eigenvalue weighted by Gasteiger charge is 2.27. The Balaban J connectivity index is 2.35. The number of carbonyl (C=O) groups is 1. The van der Waals surface area contributed by atoms with Crippen LogP contribution in [0, 0.1) is 6.92 Å². The number of aryl methyl sites for hydroxylation is 2. The zero-order chi connectivity index (χ0) is 19.9. The lowest BCUT2D eigenvalue weighted by Crippen LogP contribution is -2.41. The third kappa shape index (κ3) is 5.57. The molecule has 1 N–H and O–H groups in total. The number of nitrogens with one attached hydrogen (secondary N) is 1. The zero-order valence-corrected chi connectivity index (χ0v) is 17.1. The van der Waals surface area contributed by atoms with Crippen molar-refractivity contribution in [1.29, 1.82) is 0 Å². The van der Waals surface area contributed by atoms with Gasteiger partial charge < -0.3 is 5.32 Å². The first kappa shape index (κ1) is 21.0. The average molecular weight is 389 g/mol. The van der Waals surface area contributed by atoms with E-state index in [2.05, 4.69) is 5.32 Å². The van der Waals surface area contributed by atoms with E-state index in [1.807, 2.05) is 32.9 Å². The molecule has 0 aromatic heterocycles. The van der Waals surface area contributed by atoms with Crippen LogP contribution in [0.25, 0.3) is 0 Å². The lowest BCUT2D eigenvalue weighted by molar-refractivity contribution is -0.119. The van der Waals surface area contributed by atoms with Crippen LogP contribution in [-0.4, -0.2) is 27.4 Å². The van der Waals surface area contributed by atoms with E-state index < -0.39 is 10.0 Å². The lowest BCUT2D eigenvalue weighted by Gasteiger charge is -2.24. The van der Waals surface area contributed by atoms with Gasteiger partial charge in [-0.05, 0) is 49.6 Å². The molecule has 2 rings (SSSR count). The highest BCUT2D eigenvalue weighted by atomic mass is 32.2. The summed E-state index contributed by atoms with van der Waals surface area (Å²) >= 11 is 0. The van der Waals surface area contributed by atoms with Crippen molar-refractivity contribution >= 4 is 21.6 Å². The third-order valence-electron chi connectivity index (χ3n) is 4.38. The molecule has 0 aliphatic heterocycles. The van der Waals surface area contributed by atoms with Gasteiger partial charge in [0, 0.05) is 6.54 Å². The van der Waals surface area contributed by atoms with E-state index in [9.17, 15) is 13.2 Å². The molecule has 0 unspecified atom stereocenters. The average Bonchev–Trinajstić information content (AvgIpc) is 2.67. The highest BCUT2D eigenvalue weighted by molar-refractivity contribution is 7.92. The number of amides is 1. The summed E-state index contributed by atoms with van der Waals surface area (Å²) in [5.74, 6) is -0.307. The molecule has 27 heavy (non-hydrogen) atoms. The highest BCUT2D eigenvalue weighted by Crippen LogP contribution is 2.24. The summed E-state index contributed by atoms with van der Waals surface area (Å²) < 4.78 is 27.6. The van der Waals surface area contributed by atoms with Crippen LogP contribution in [0.2, 0.25) is 0 Å². The van der Waals surface area contributed by atoms with Crippen LogP contribution in [0.5, 0.6) is 0 Å². The van der Waals surface area contributed by atoms with Gasteiger partial charge in [0.05, 0.1) is 10.6 Å². The van der Waals surface area contributed by atoms with Gasteiger partial charge in [-0.25, -0.2) is 8.42 Å². The summed E-state index contributed by atoms with van der Waals surface area (Å²) in [6, 6.07) is 14.0. The van der Waals surface area contributed by atoms with Gasteiger partial charge in [-0.1, -0.05) is 50.1 Å². The summed E-state index contributed by atoms with van der Waals surface area (Å²) in [6.45, 7) is 6.28. The van der Waals surface area contributed by atoms with Crippen molar-refractivity contribution < 1.29 is 13.2 Å². The first-order valence-corrected chi connectivity index (χ1v) is 10.8. The summed E-state index contributed by atoms with van der Waals surface area (Å²) in [5.41, 5.74) is 2.57. The largest absolute Gasteiger partial charge is 0.355 e. The number of unbranched alkanes of at least 4 members (excludes halogenated alkanes) is 1. The van der Waals surface area contributed by atoms with Crippen molar-refractivity contribution in [2.45, 2.75) is 44.9 Å². The van der Waals surface area contributed by atoms with E-state index in [4.69, 9.17) is 0 Å². The fourth-order valence-corrected chi connectivity index (χ4v) is 4.06. The van der Waals surface area contributed by atoms with Crippen molar-refractivity contribution in [2.24, 2.45) is 0 Å². The predicted molar refractivity (Wildman–Crippen MR) is 109 cm³/mol. The lowest BCUT2D eigenvalue weighted by atomic mass is 10.1. The van der Waals surface area contributed by atoms with Crippen molar-refractivity contribution in [1.82, 2.24) is 5.32 Å². The number of rotatable bonds is 9. The van der Waals surface area contributed by atoms with E-state index in [0.717, 1.165) is 30.4 Å². The zero-order valence-electron chi connectivity index (χ0n) is 16.2. The summed E-state index contributed by atoms with van der Waals surface area (Å²) in [5, 5.41) is 2.79. The van der Waals surface area contributed by atoms with Crippen LogP contribution in [-0.2, 0) is 21.2 Å². The standard InChI is InChI=1S/C21H28N2O3S/c1-4-6-15-22-21(24)16-23(19-11-9-18(5-2)10-12-19)27(25,26)20-13-7-17(3)8-14-20/h7-14H,4-6,15-16H2,1-3H3,(H,22,24). The minimum atomic E-state index is -3.84. The van der Waals surface area contributed by atoms with E-state index in [0.29, 0.717) is 12.2 Å². The van der Waals surface area contributed by atoms with Gasteiger partial charge in [0.15, 0.2) is 0 Å². The van der Waals surface area contributed by atoms with Crippen LogP contribution in [0.15, 0.2) is 53.4 Å². The Kier molecular flexibility index (Phi) is 7.42. The number of carbonyl (C=O) groups excluding carboxylic acids is 1. The Labute approximate surface area is 162 Å². The summed E-state index contributed by atoms with van der Waals surface area (Å²) in [7, 11) is -3.84. The van der Waals surface area contributed by atoms with E-state index >= 15 is 0 Å². The van der Waals surface area contributed by atoms with Crippen LogP contribution in [0.3, 0.4) is 0 Å². The van der Waals surface area contributed by atoms with Crippen LogP contribution in [0.1, 0.15) is 37.8 Å². The maximum atomic E-state index is 13.2. The van der Waals surface area contributed by atoms with Gasteiger partial charge in [-0.2, -0.15) is 0 Å². The molecule has 6 heteroatoms. The molecule has 2 aromatic carbocycles. The topological polar surface area (TPSA) is 66.5 Å². The number of sulfonamides is 1. The van der Waals surface area contributed by atoms with Crippen molar-refractivity contribution in [3.8, 4) is 0 Å². The number of hydrogen-bond acceptors (Lipinski definition) is 3. The van der Waals surface area contributed by atoms with Crippen molar-refractivity contribution in [2.75, 3.05) is 17.4 Å². The number of hydrogen-bond donors (Lipinski definition) is 1. The fourth-order valence-electron chi connectivity index (χ4n) is 2.64. The predicted octanol–water partition coefficient (Wildman–Crippen LogP) is 3.67. The van der Waals surface area contributed by atoms with Gasteiger partial charge >= 0.3 is 0 Å². The Morgan fingerprint density at radius 1 is 1.00 bits per heavy atom. The molecular formula is C21H28N2O3S. The molecule has 0 spiro atoms. The minimum Gasteiger partial charge on any atom is -0.355 e. The van der Waals surface area contributed by atoms with Gasteiger partial charge in [-0.3, -0.25) is 9.10 Å². The Morgan fingerprint density at radius 2 is 1.63 bits per heavy atom. The molecule has 1 amide bonds. The second-order valence-corrected chi connectivity index (χ2v) is 8.41. The Bertz CT molecular complexity index is 844. The maximum Gasteiger partial charge on any atom is 0.264 e. The fraction of sp³-hybridized carbons (Fsp3) is 0.381. The summed E-state index contributed by atoms with van der Waals surface area (Å²) in [4.78, 5) is 12.5. The molecule has 0 saturated heterocycles. The molecule has 0 bridgehead atoms. The third-order valence-corrected chi connectivity index (χ3v) is 6.17. The molecule has 0 aliphatic carbocycles. The monoisotopic (exact) mass is 388 g/mol.